The van der Waals surface area contributed by atoms with Crippen LogP contribution in [0.15, 0.2) is 24.5 Å². The predicted octanol–water partition coefficient (Wildman–Crippen LogP) is 0.740. The zero-order chi connectivity index (χ0) is 17.3. The molecule has 24 heavy (non-hydrogen) atoms. The first kappa shape index (κ1) is 16.1. The lowest BCUT2D eigenvalue weighted by atomic mass is 9.88. The van der Waals surface area contributed by atoms with Crippen LogP contribution in [0.4, 0.5) is 0 Å². The molecule has 2 aromatic rings. The van der Waals surface area contributed by atoms with Gasteiger partial charge in [-0.15, -0.1) is 0 Å². The highest BCUT2D eigenvalue weighted by Gasteiger charge is 2.47. The molecule has 2 amide bonds. The van der Waals surface area contributed by atoms with Gasteiger partial charge in [-0.25, -0.2) is 4.98 Å². The number of H-pyrrole nitrogens is 1. The number of carbonyl (C=O) groups excluding carboxylic acids is 2. The molecular formula is C16H20N6O2. The Balaban J connectivity index is 1.63. The fourth-order valence-corrected chi connectivity index (χ4v) is 2.83. The van der Waals surface area contributed by atoms with E-state index in [1.54, 1.807) is 24.3 Å². The third-order valence-electron chi connectivity index (χ3n) is 4.69. The highest BCUT2D eigenvalue weighted by Crippen LogP contribution is 2.34. The predicted molar refractivity (Wildman–Crippen MR) is 86.4 cm³/mol. The largest absolute Gasteiger partial charge is 0.348 e. The lowest BCUT2D eigenvalue weighted by Gasteiger charge is -2.32. The topological polar surface area (TPSA) is 104 Å². The first-order chi connectivity index (χ1) is 11.4. The molecule has 3 heterocycles. The van der Waals surface area contributed by atoms with Crippen LogP contribution in [-0.4, -0.2) is 49.5 Å². The van der Waals surface area contributed by atoms with Crippen LogP contribution in [0.2, 0.25) is 0 Å². The van der Waals surface area contributed by atoms with E-state index in [1.807, 2.05) is 26.0 Å². The Morgan fingerprint density at radius 1 is 1.42 bits per heavy atom. The maximum absolute atomic E-state index is 12.4. The standard InChI is InChI=1S/C16H20N6O2/c1-16(2)11(8-13(23)22(16)3)15(24)18-9-12-19-14(21-20-12)10-4-6-17-7-5-10/h4-7,11H,8-9H2,1-3H3,(H,18,24)(H,19,20,21). The summed E-state index contributed by atoms with van der Waals surface area (Å²) in [6.07, 6.45) is 3.57. The van der Waals surface area contributed by atoms with Gasteiger partial charge in [0.2, 0.25) is 11.8 Å². The summed E-state index contributed by atoms with van der Waals surface area (Å²) in [4.78, 5) is 34.2. The van der Waals surface area contributed by atoms with Crippen molar-refractivity contribution in [2.24, 2.45) is 5.92 Å². The van der Waals surface area contributed by atoms with E-state index >= 15 is 0 Å². The molecular weight excluding hydrogens is 308 g/mol. The molecule has 8 heteroatoms. The van der Waals surface area contributed by atoms with E-state index in [1.165, 1.54) is 0 Å². The van der Waals surface area contributed by atoms with Crippen molar-refractivity contribution in [1.82, 2.24) is 30.4 Å². The molecule has 1 aliphatic heterocycles. The van der Waals surface area contributed by atoms with Gasteiger partial charge in [0.25, 0.3) is 0 Å². The Kier molecular flexibility index (Phi) is 4.04. The number of hydrogen-bond acceptors (Lipinski definition) is 5. The molecule has 0 radical (unpaired) electrons. The van der Waals surface area contributed by atoms with Gasteiger partial charge < -0.3 is 10.2 Å². The molecule has 3 rings (SSSR count). The molecule has 8 nitrogen and oxygen atoms in total. The molecule has 0 aliphatic carbocycles. The molecule has 0 aromatic carbocycles. The van der Waals surface area contributed by atoms with Crippen LogP contribution in [0, 0.1) is 5.92 Å². The molecule has 0 spiro atoms. The minimum absolute atomic E-state index is 0.0141. The van der Waals surface area contributed by atoms with Crippen LogP contribution in [0.1, 0.15) is 26.1 Å². The second-order valence-electron chi connectivity index (χ2n) is 6.42. The Morgan fingerprint density at radius 3 is 2.75 bits per heavy atom. The molecule has 1 fully saturated rings. The van der Waals surface area contributed by atoms with Crippen molar-refractivity contribution in [3.8, 4) is 11.4 Å². The third kappa shape index (κ3) is 2.86. The SMILES string of the molecule is CN1C(=O)CC(C(=O)NCc2nc(-c3ccncc3)n[nH]2)C1(C)C. The van der Waals surface area contributed by atoms with Crippen LogP contribution >= 0.6 is 0 Å². The van der Waals surface area contributed by atoms with Crippen LogP contribution < -0.4 is 5.32 Å². The van der Waals surface area contributed by atoms with Crippen LogP contribution in [0.3, 0.4) is 0 Å². The zero-order valence-electron chi connectivity index (χ0n) is 13.9. The number of hydrogen-bond donors (Lipinski definition) is 2. The first-order valence-electron chi connectivity index (χ1n) is 7.75. The fourth-order valence-electron chi connectivity index (χ4n) is 2.83. The minimum Gasteiger partial charge on any atom is -0.348 e. The second-order valence-corrected chi connectivity index (χ2v) is 6.42. The van der Waals surface area contributed by atoms with Crippen molar-refractivity contribution in [1.29, 1.82) is 0 Å². The molecule has 0 bridgehead atoms. The van der Waals surface area contributed by atoms with Crippen LogP contribution in [-0.2, 0) is 16.1 Å². The number of nitrogens with one attached hydrogen (secondary N) is 2. The van der Waals surface area contributed by atoms with Crippen molar-refractivity contribution in [3.05, 3.63) is 30.4 Å². The van der Waals surface area contributed by atoms with Gasteiger partial charge in [0, 0.05) is 37.0 Å². The number of aromatic nitrogens is 4. The smallest absolute Gasteiger partial charge is 0.226 e. The average Bonchev–Trinajstić information content (AvgIpc) is 3.13. The van der Waals surface area contributed by atoms with E-state index < -0.39 is 5.54 Å². The normalized spacial score (nSPS) is 19.5. The molecule has 126 valence electrons. The number of nitrogens with zero attached hydrogens (tertiary/aromatic N) is 4. The molecule has 1 atom stereocenters. The van der Waals surface area contributed by atoms with Crippen molar-refractivity contribution < 1.29 is 9.59 Å². The average molecular weight is 328 g/mol. The van der Waals surface area contributed by atoms with Gasteiger partial charge in [0.05, 0.1) is 12.5 Å². The molecule has 1 aliphatic rings. The highest BCUT2D eigenvalue weighted by molar-refractivity contribution is 5.90. The molecule has 2 N–H and O–H groups in total. The van der Waals surface area contributed by atoms with Crippen molar-refractivity contribution in [2.45, 2.75) is 32.4 Å². The number of pyridine rings is 1. The summed E-state index contributed by atoms with van der Waals surface area (Å²) in [5, 5.41) is 9.79. The van der Waals surface area contributed by atoms with E-state index in [0.717, 1.165) is 5.56 Å². The molecule has 1 saturated heterocycles. The van der Waals surface area contributed by atoms with Crippen molar-refractivity contribution >= 4 is 11.8 Å². The highest BCUT2D eigenvalue weighted by atomic mass is 16.2. The Bertz CT molecular complexity index is 755. The number of likely N-dealkylation sites (tertiary alicyclic amines) is 1. The number of aromatic amines is 1. The van der Waals surface area contributed by atoms with Gasteiger partial charge in [-0.3, -0.25) is 19.7 Å². The summed E-state index contributed by atoms with van der Waals surface area (Å²) >= 11 is 0. The molecule has 1 unspecified atom stereocenters. The summed E-state index contributed by atoms with van der Waals surface area (Å²) in [6, 6.07) is 3.63. The quantitative estimate of drug-likeness (QED) is 0.861. The zero-order valence-corrected chi connectivity index (χ0v) is 13.9. The maximum atomic E-state index is 12.4. The molecule has 2 aromatic heterocycles. The van der Waals surface area contributed by atoms with E-state index in [9.17, 15) is 9.59 Å². The lowest BCUT2D eigenvalue weighted by molar-refractivity contribution is -0.128. The fraction of sp³-hybridized carbons (Fsp3) is 0.438. The van der Waals surface area contributed by atoms with E-state index in [4.69, 9.17) is 0 Å². The van der Waals surface area contributed by atoms with Gasteiger partial charge in [-0.1, -0.05) is 0 Å². The van der Waals surface area contributed by atoms with Crippen molar-refractivity contribution in [2.75, 3.05) is 7.05 Å². The summed E-state index contributed by atoms with van der Waals surface area (Å²) in [5.74, 6) is 0.570. The number of amides is 2. The van der Waals surface area contributed by atoms with Gasteiger partial charge in [-0.05, 0) is 26.0 Å². The van der Waals surface area contributed by atoms with Crippen molar-refractivity contribution in [3.63, 3.8) is 0 Å². The van der Waals surface area contributed by atoms with Crippen LogP contribution in [0.5, 0.6) is 0 Å². The molecule has 0 saturated carbocycles. The maximum Gasteiger partial charge on any atom is 0.226 e. The summed E-state index contributed by atoms with van der Waals surface area (Å²) in [5.41, 5.74) is 0.355. The number of rotatable bonds is 4. The number of carbonyl (C=O) groups is 2. The van der Waals surface area contributed by atoms with Gasteiger partial charge >= 0.3 is 0 Å². The Morgan fingerprint density at radius 2 is 2.12 bits per heavy atom. The van der Waals surface area contributed by atoms with E-state index in [0.29, 0.717) is 11.6 Å². The second kappa shape index (κ2) is 6.03. The summed E-state index contributed by atoms with van der Waals surface area (Å²) < 4.78 is 0. The summed E-state index contributed by atoms with van der Waals surface area (Å²) in [6.45, 7) is 4.04. The van der Waals surface area contributed by atoms with E-state index in [-0.39, 0.29) is 30.7 Å². The van der Waals surface area contributed by atoms with Gasteiger partial charge in [0.15, 0.2) is 5.82 Å². The first-order valence-corrected chi connectivity index (χ1v) is 7.75. The Labute approximate surface area is 139 Å². The van der Waals surface area contributed by atoms with Crippen LogP contribution in [0.25, 0.3) is 11.4 Å². The monoisotopic (exact) mass is 328 g/mol. The van der Waals surface area contributed by atoms with E-state index in [2.05, 4.69) is 25.5 Å². The van der Waals surface area contributed by atoms with Gasteiger partial charge in [0.1, 0.15) is 5.82 Å². The summed E-state index contributed by atoms with van der Waals surface area (Å²) in [7, 11) is 1.73. The van der Waals surface area contributed by atoms with Gasteiger partial charge in [-0.2, -0.15) is 5.10 Å². The lowest BCUT2D eigenvalue weighted by Crippen LogP contribution is -2.46. The minimum atomic E-state index is -0.495. The third-order valence-corrected chi connectivity index (χ3v) is 4.69. The Hall–Kier alpha value is -2.77.